The summed E-state index contributed by atoms with van der Waals surface area (Å²) in [7, 11) is -3.39. The van der Waals surface area contributed by atoms with Crippen molar-refractivity contribution >= 4 is 37.3 Å². The highest BCUT2D eigenvalue weighted by molar-refractivity contribution is 9.10. The molecule has 20 heavy (non-hydrogen) atoms. The molecule has 1 aliphatic carbocycles. The van der Waals surface area contributed by atoms with E-state index >= 15 is 0 Å². The number of hydrogen-bond donors (Lipinski definition) is 1. The maximum Gasteiger partial charge on any atom is 0.240 e. The highest BCUT2D eigenvalue weighted by Gasteiger charge is 2.39. The SMILES string of the molecule is O=S(=O)(NCC1CC1c1cccs1)c1ccc(Br)cc1. The van der Waals surface area contributed by atoms with Crippen molar-refractivity contribution in [2.24, 2.45) is 5.92 Å². The highest BCUT2D eigenvalue weighted by Crippen LogP contribution is 2.48. The van der Waals surface area contributed by atoms with Crippen LogP contribution in [0.25, 0.3) is 0 Å². The molecule has 2 atom stereocenters. The fraction of sp³-hybridized carbons (Fsp3) is 0.286. The quantitative estimate of drug-likeness (QED) is 0.872. The van der Waals surface area contributed by atoms with Gasteiger partial charge in [0.05, 0.1) is 4.90 Å². The molecular weight excluding hydrogens is 358 g/mol. The molecule has 1 aromatic carbocycles. The maximum absolute atomic E-state index is 12.1. The molecule has 0 saturated heterocycles. The smallest absolute Gasteiger partial charge is 0.211 e. The molecular formula is C14H14BrNO2S2. The van der Waals surface area contributed by atoms with Crippen LogP contribution in [0, 0.1) is 5.92 Å². The van der Waals surface area contributed by atoms with Crippen molar-refractivity contribution < 1.29 is 8.42 Å². The molecule has 1 heterocycles. The van der Waals surface area contributed by atoms with Crippen molar-refractivity contribution in [1.29, 1.82) is 0 Å². The monoisotopic (exact) mass is 371 g/mol. The van der Waals surface area contributed by atoms with E-state index in [4.69, 9.17) is 0 Å². The summed E-state index contributed by atoms with van der Waals surface area (Å²) < 4.78 is 27.9. The second kappa shape index (κ2) is 5.60. The van der Waals surface area contributed by atoms with Crippen LogP contribution in [-0.2, 0) is 10.0 Å². The van der Waals surface area contributed by atoms with Crippen molar-refractivity contribution in [2.75, 3.05) is 6.54 Å². The van der Waals surface area contributed by atoms with E-state index in [2.05, 4.69) is 32.1 Å². The molecule has 0 aliphatic heterocycles. The minimum absolute atomic E-state index is 0.314. The summed E-state index contributed by atoms with van der Waals surface area (Å²) in [6, 6.07) is 10.9. The molecule has 1 fully saturated rings. The Morgan fingerprint density at radius 1 is 1.25 bits per heavy atom. The van der Waals surface area contributed by atoms with Gasteiger partial charge in [0.25, 0.3) is 0 Å². The summed E-state index contributed by atoms with van der Waals surface area (Å²) in [6.07, 6.45) is 1.07. The Hall–Kier alpha value is -0.690. The van der Waals surface area contributed by atoms with Crippen molar-refractivity contribution in [3.05, 3.63) is 51.1 Å². The predicted molar refractivity (Wildman–Crippen MR) is 84.5 cm³/mol. The zero-order valence-corrected chi connectivity index (χ0v) is 13.8. The first-order chi connectivity index (χ1) is 9.56. The Labute approximate surface area is 131 Å². The van der Waals surface area contributed by atoms with Crippen LogP contribution in [-0.4, -0.2) is 15.0 Å². The average molecular weight is 372 g/mol. The number of benzene rings is 1. The van der Waals surface area contributed by atoms with Gasteiger partial charge in [0.15, 0.2) is 0 Å². The Morgan fingerprint density at radius 3 is 2.65 bits per heavy atom. The molecule has 0 spiro atoms. The zero-order chi connectivity index (χ0) is 14.2. The van der Waals surface area contributed by atoms with Gasteiger partial charge >= 0.3 is 0 Å². The molecule has 0 bridgehead atoms. The lowest BCUT2D eigenvalue weighted by atomic mass is 10.3. The Bertz CT molecular complexity index is 680. The first-order valence-electron chi connectivity index (χ1n) is 6.35. The number of hydrogen-bond acceptors (Lipinski definition) is 3. The summed E-state index contributed by atoms with van der Waals surface area (Å²) >= 11 is 5.05. The van der Waals surface area contributed by atoms with Crippen LogP contribution in [0.15, 0.2) is 51.1 Å². The molecule has 3 rings (SSSR count). The minimum atomic E-state index is -3.39. The summed E-state index contributed by atoms with van der Waals surface area (Å²) in [5.41, 5.74) is 0. The van der Waals surface area contributed by atoms with Gasteiger partial charge in [-0.2, -0.15) is 0 Å². The zero-order valence-electron chi connectivity index (χ0n) is 10.6. The molecule has 0 amide bonds. The molecule has 1 saturated carbocycles. The van der Waals surface area contributed by atoms with Gasteiger partial charge in [-0.1, -0.05) is 22.0 Å². The van der Waals surface area contributed by atoms with E-state index in [1.165, 1.54) is 4.88 Å². The Kier molecular flexibility index (Phi) is 3.99. The second-order valence-corrected chi connectivity index (χ2v) is 8.59. The van der Waals surface area contributed by atoms with Gasteiger partial charge < -0.3 is 0 Å². The van der Waals surface area contributed by atoms with Crippen molar-refractivity contribution in [3.8, 4) is 0 Å². The summed E-state index contributed by atoms with van der Waals surface area (Å²) in [4.78, 5) is 1.67. The Balaban J connectivity index is 1.60. The molecule has 6 heteroatoms. The molecule has 1 aromatic heterocycles. The van der Waals surface area contributed by atoms with Gasteiger partial charge in [-0.25, -0.2) is 13.1 Å². The third-order valence-corrected chi connectivity index (χ3v) is 6.46. The minimum Gasteiger partial charge on any atom is -0.211 e. The van der Waals surface area contributed by atoms with Crippen molar-refractivity contribution in [3.63, 3.8) is 0 Å². The fourth-order valence-electron chi connectivity index (χ4n) is 2.24. The molecule has 0 radical (unpaired) electrons. The number of rotatable bonds is 5. The summed E-state index contributed by atoms with van der Waals surface area (Å²) in [5.74, 6) is 0.960. The predicted octanol–water partition coefficient (Wildman–Crippen LogP) is 3.59. The number of halogens is 1. The van der Waals surface area contributed by atoms with Crippen LogP contribution in [0.4, 0.5) is 0 Å². The first-order valence-corrected chi connectivity index (χ1v) is 9.50. The van der Waals surface area contributed by atoms with Crippen LogP contribution >= 0.6 is 27.3 Å². The number of sulfonamides is 1. The van der Waals surface area contributed by atoms with Crippen LogP contribution in [0.5, 0.6) is 0 Å². The van der Waals surface area contributed by atoms with Gasteiger partial charge in [0.1, 0.15) is 0 Å². The van der Waals surface area contributed by atoms with Gasteiger partial charge in [0, 0.05) is 15.9 Å². The van der Waals surface area contributed by atoms with E-state index in [0.717, 1.165) is 10.9 Å². The van der Waals surface area contributed by atoms with Crippen LogP contribution < -0.4 is 4.72 Å². The first kappa shape index (κ1) is 14.3. The lowest BCUT2D eigenvalue weighted by Crippen LogP contribution is -2.26. The fourth-order valence-corrected chi connectivity index (χ4v) is 4.53. The van der Waals surface area contributed by atoms with Gasteiger partial charge in [-0.3, -0.25) is 0 Å². The van der Waals surface area contributed by atoms with Crippen molar-refractivity contribution in [1.82, 2.24) is 4.72 Å². The molecule has 3 nitrogen and oxygen atoms in total. The van der Waals surface area contributed by atoms with E-state index in [1.807, 2.05) is 6.07 Å². The lowest BCUT2D eigenvalue weighted by Gasteiger charge is -2.06. The van der Waals surface area contributed by atoms with E-state index in [9.17, 15) is 8.42 Å². The molecule has 106 valence electrons. The second-order valence-electron chi connectivity index (χ2n) is 4.92. The van der Waals surface area contributed by atoms with Crippen LogP contribution in [0.3, 0.4) is 0 Å². The molecule has 2 aromatic rings. The normalized spacial score (nSPS) is 21.9. The maximum atomic E-state index is 12.1. The van der Waals surface area contributed by atoms with Gasteiger partial charge in [0.2, 0.25) is 10.0 Å². The van der Waals surface area contributed by atoms with Crippen LogP contribution in [0.2, 0.25) is 0 Å². The van der Waals surface area contributed by atoms with Crippen LogP contribution in [0.1, 0.15) is 17.2 Å². The van der Waals surface area contributed by atoms with E-state index in [0.29, 0.717) is 23.3 Å². The van der Waals surface area contributed by atoms with Crippen molar-refractivity contribution in [2.45, 2.75) is 17.2 Å². The van der Waals surface area contributed by atoms with Gasteiger partial charge in [-0.05, 0) is 54.0 Å². The highest BCUT2D eigenvalue weighted by atomic mass is 79.9. The summed E-state index contributed by atoms with van der Waals surface area (Å²) in [6.45, 7) is 0.515. The lowest BCUT2D eigenvalue weighted by molar-refractivity contribution is 0.576. The van der Waals surface area contributed by atoms with E-state index in [1.54, 1.807) is 35.6 Å². The Morgan fingerprint density at radius 2 is 2.00 bits per heavy atom. The van der Waals surface area contributed by atoms with Gasteiger partial charge in [-0.15, -0.1) is 11.3 Å². The van der Waals surface area contributed by atoms with E-state index < -0.39 is 10.0 Å². The largest absolute Gasteiger partial charge is 0.240 e. The third-order valence-electron chi connectivity index (χ3n) is 3.49. The molecule has 2 unspecified atom stereocenters. The molecule has 1 aliphatic rings. The topological polar surface area (TPSA) is 46.2 Å². The number of nitrogens with one attached hydrogen (secondary N) is 1. The third kappa shape index (κ3) is 3.14. The summed E-state index contributed by atoms with van der Waals surface area (Å²) in [5, 5.41) is 2.07. The average Bonchev–Trinajstić information content (AvgIpc) is 3.00. The van der Waals surface area contributed by atoms with E-state index in [-0.39, 0.29) is 0 Å². The number of thiophene rings is 1. The standard InChI is InChI=1S/C14H14BrNO2S2/c15-11-3-5-12(6-4-11)20(17,18)16-9-10-8-13(10)14-2-1-7-19-14/h1-7,10,13,16H,8-9H2. The molecule has 1 N–H and O–H groups in total.